The maximum absolute atomic E-state index is 9.20. The molecular weight excluding hydrogens is 540 g/mol. The molecule has 11 heteroatoms. The zero-order chi connectivity index (χ0) is 29.6. The fraction of sp³-hybridized carbons (Fsp3) is 0.125. The third kappa shape index (κ3) is 6.28. The molecule has 6 aromatic rings. The smallest absolute Gasteiger partial charge is 0.537 e. The summed E-state index contributed by atoms with van der Waals surface area (Å²) < 4.78 is 18.9. The number of nitrogens with zero attached hydrogens (tertiary/aromatic N) is 5. The largest absolute Gasteiger partial charge is 0.569 e. The van der Waals surface area contributed by atoms with Gasteiger partial charge in [-0.25, -0.2) is 13.7 Å². The highest BCUT2D eigenvalue weighted by Gasteiger charge is 2.26. The number of fused-ring (bicyclic) bond motifs is 1. The van der Waals surface area contributed by atoms with E-state index in [1.165, 1.54) is 11.1 Å². The van der Waals surface area contributed by atoms with Crippen LogP contribution in [0.3, 0.4) is 0 Å². The van der Waals surface area contributed by atoms with Crippen molar-refractivity contribution in [1.82, 2.24) is 9.55 Å². The second-order valence-electron chi connectivity index (χ2n) is 10.2. The molecule has 3 heterocycles. The first-order valence-electron chi connectivity index (χ1n) is 13.9. The van der Waals surface area contributed by atoms with Crippen molar-refractivity contribution in [2.45, 2.75) is 26.6 Å². The second kappa shape index (κ2) is 12.9. The van der Waals surface area contributed by atoms with Crippen LogP contribution in [0.5, 0.6) is 11.5 Å². The normalized spacial score (nSPS) is 11.0. The first-order valence-corrected chi connectivity index (χ1v) is 13.9. The Labute approximate surface area is 251 Å². The molecule has 0 saturated heterocycles. The van der Waals surface area contributed by atoms with Gasteiger partial charge in [0.25, 0.3) is 18.2 Å². The number of para-hydroxylation sites is 2. The molecule has 0 aliphatic heterocycles. The van der Waals surface area contributed by atoms with Crippen LogP contribution >= 0.6 is 0 Å². The van der Waals surface area contributed by atoms with Crippen molar-refractivity contribution in [1.29, 1.82) is 0 Å². The lowest BCUT2D eigenvalue weighted by atomic mass is 10.1. The summed E-state index contributed by atoms with van der Waals surface area (Å²) in [6.45, 7) is 3.92. The van der Waals surface area contributed by atoms with Gasteiger partial charge in [-0.15, -0.1) is 0 Å². The Kier molecular flexibility index (Phi) is 8.44. The van der Waals surface area contributed by atoms with Gasteiger partial charge in [0.05, 0.1) is 5.56 Å². The van der Waals surface area contributed by atoms with Gasteiger partial charge in [0.1, 0.15) is 36.5 Å². The average molecular weight is 570 g/mol. The molecular formula is C32H30B2N5O4+3. The molecule has 0 bridgehead atoms. The lowest BCUT2D eigenvalue weighted by Gasteiger charge is -2.07. The summed E-state index contributed by atoms with van der Waals surface area (Å²) in [6, 6.07) is 27.7. The van der Waals surface area contributed by atoms with Crippen molar-refractivity contribution in [2.75, 3.05) is 0 Å². The van der Waals surface area contributed by atoms with Gasteiger partial charge in [-0.1, -0.05) is 54.6 Å². The van der Waals surface area contributed by atoms with Crippen molar-refractivity contribution in [3.05, 3.63) is 138 Å². The lowest BCUT2D eigenvalue weighted by molar-refractivity contribution is -0.703. The van der Waals surface area contributed by atoms with E-state index in [0.29, 0.717) is 46.5 Å². The van der Waals surface area contributed by atoms with Gasteiger partial charge in [0, 0.05) is 17.7 Å². The van der Waals surface area contributed by atoms with E-state index in [2.05, 4.69) is 69.5 Å². The van der Waals surface area contributed by atoms with Crippen molar-refractivity contribution >= 4 is 26.5 Å². The molecule has 0 spiro atoms. The maximum Gasteiger partial charge on any atom is 0.569 e. The van der Waals surface area contributed by atoms with Crippen LogP contribution in [-0.4, -0.2) is 35.0 Å². The second-order valence-corrected chi connectivity index (χ2v) is 10.2. The van der Waals surface area contributed by atoms with Gasteiger partial charge in [0.2, 0.25) is 0 Å². The average Bonchev–Trinajstić information content (AvgIpc) is 3.38. The molecule has 2 radical (unpaired) electrons. The van der Waals surface area contributed by atoms with Gasteiger partial charge < -0.3 is 19.4 Å². The predicted molar refractivity (Wildman–Crippen MR) is 160 cm³/mol. The summed E-state index contributed by atoms with van der Waals surface area (Å²) in [5.74, 6) is 1.20. The summed E-state index contributed by atoms with van der Waals surface area (Å²) in [6.07, 6.45) is 10.0. The molecule has 0 saturated carbocycles. The Balaban J connectivity index is 1.36. The van der Waals surface area contributed by atoms with Crippen LogP contribution in [0.1, 0.15) is 22.3 Å². The van der Waals surface area contributed by atoms with E-state index >= 15 is 0 Å². The Bertz CT molecular complexity index is 1860. The standard InChI is InChI=1S/C32H30B2N5O4/c1-24-8-2-3-9-25(24)20-38-23-39(28-14-16-36(17-15-28)18-26-10-4-6-12-30(26)42-33-40)32-29(38)21-37(22-35-32)19-27-11-5-7-13-31(27)43-34-41/h2-17,21-23,40-41H,18-20H2,1H3/q+3. The minimum Gasteiger partial charge on any atom is -0.537 e. The number of imidazole rings is 1. The number of hydrogen-bond donors (Lipinski definition) is 2. The van der Waals surface area contributed by atoms with E-state index in [-0.39, 0.29) is 0 Å². The van der Waals surface area contributed by atoms with Crippen LogP contribution in [0.15, 0.2) is 116 Å². The minimum absolute atomic E-state index is 0.521. The minimum atomic E-state index is 0.521. The van der Waals surface area contributed by atoms with Crippen LogP contribution in [0.4, 0.5) is 0 Å². The molecule has 0 aliphatic rings. The fourth-order valence-corrected chi connectivity index (χ4v) is 5.18. The van der Waals surface area contributed by atoms with Crippen LogP contribution in [-0.2, 0) is 19.6 Å². The van der Waals surface area contributed by atoms with Crippen molar-refractivity contribution < 1.29 is 33.1 Å². The molecule has 2 N–H and O–H groups in total. The highest BCUT2D eigenvalue weighted by Crippen LogP contribution is 2.19. The Morgan fingerprint density at radius 3 is 1.93 bits per heavy atom. The van der Waals surface area contributed by atoms with Gasteiger partial charge >= 0.3 is 21.0 Å². The third-order valence-corrected chi connectivity index (χ3v) is 7.40. The predicted octanol–water partition coefficient (Wildman–Crippen LogP) is 2.15. The van der Waals surface area contributed by atoms with Gasteiger partial charge in [-0.05, 0) is 41.2 Å². The molecule has 0 amide bonds. The Hall–Kier alpha value is -4.99. The van der Waals surface area contributed by atoms with Gasteiger partial charge in [-0.2, -0.15) is 4.57 Å². The Morgan fingerprint density at radius 1 is 0.721 bits per heavy atom. The highest BCUT2D eigenvalue weighted by atomic mass is 16.5. The monoisotopic (exact) mass is 570 g/mol. The van der Waals surface area contributed by atoms with E-state index in [0.717, 1.165) is 28.0 Å². The first-order chi connectivity index (χ1) is 21.1. The quantitative estimate of drug-likeness (QED) is 0.184. The number of aromatic nitrogens is 5. The van der Waals surface area contributed by atoms with E-state index in [1.54, 1.807) is 0 Å². The summed E-state index contributed by atoms with van der Waals surface area (Å²) in [7, 11) is 1.40. The fourth-order valence-electron chi connectivity index (χ4n) is 5.18. The van der Waals surface area contributed by atoms with Crippen molar-refractivity contribution in [3.63, 3.8) is 0 Å². The first kappa shape index (κ1) is 28.1. The number of pyridine rings is 1. The molecule has 0 atom stereocenters. The number of benzene rings is 3. The molecule has 0 unspecified atom stereocenters. The van der Waals surface area contributed by atoms with Gasteiger partial charge in [-0.3, -0.25) is 0 Å². The van der Waals surface area contributed by atoms with Crippen LogP contribution < -0.4 is 23.0 Å². The van der Waals surface area contributed by atoms with E-state index in [1.807, 2.05) is 71.8 Å². The molecule has 210 valence electrons. The van der Waals surface area contributed by atoms with Crippen LogP contribution in [0.25, 0.3) is 16.9 Å². The summed E-state index contributed by atoms with van der Waals surface area (Å²) in [4.78, 5) is 4.89. The summed E-state index contributed by atoms with van der Waals surface area (Å²) in [5, 5.41) is 18.3. The zero-order valence-electron chi connectivity index (χ0n) is 23.7. The van der Waals surface area contributed by atoms with E-state index in [9.17, 15) is 5.02 Å². The molecule has 3 aromatic carbocycles. The molecule has 0 aliphatic carbocycles. The van der Waals surface area contributed by atoms with Crippen molar-refractivity contribution in [3.8, 4) is 17.2 Å². The highest BCUT2D eigenvalue weighted by molar-refractivity contribution is 6.17. The topological polar surface area (TPSA) is 88.4 Å². The number of rotatable bonds is 11. The molecule has 0 fully saturated rings. The van der Waals surface area contributed by atoms with Gasteiger partial charge in [0.15, 0.2) is 18.9 Å². The van der Waals surface area contributed by atoms with E-state index in [4.69, 9.17) is 19.3 Å². The molecule has 43 heavy (non-hydrogen) atoms. The number of aryl methyl sites for hydroxylation is 1. The number of hydrogen-bond acceptors (Lipinski definition) is 5. The third-order valence-electron chi connectivity index (χ3n) is 7.40. The van der Waals surface area contributed by atoms with Crippen LogP contribution in [0, 0.1) is 6.92 Å². The van der Waals surface area contributed by atoms with Crippen molar-refractivity contribution in [2.24, 2.45) is 0 Å². The maximum atomic E-state index is 9.20. The SMILES string of the molecule is Cc1ccccc1C[n+]1cn(-c2cc[n+](Cc3ccccc3O[B]O)cc2)c2nc[n+](Cc3ccccc3O[B]O)cc21. The Morgan fingerprint density at radius 2 is 1.30 bits per heavy atom. The zero-order valence-corrected chi connectivity index (χ0v) is 23.7. The summed E-state index contributed by atoms with van der Waals surface area (Å²) in [5.41, 5.74) is 7.09. The molecule has 6 rings (SSSR count). The van der Waals surface area contributed by atoms with E-state index < -0.39 is 0 Å². The molecule has 3 aromatic heterocycles. The summed E-state index contributed by atoms with van der Waals surface area (Å²) >= 11 is 0. The van der Waals surface area contributed by atoms with Crippen LogP contribution in [0.2, 0.25) is 0 Å². The molecule has 9 nitrogen and oxygen atoms in total. The lowest BCUT2D eigenvalue weighted by Crippen LogP contribution is -2.39.